The summed E-state index contributed by atoms with van der Waals surface area (Å²) in [5.41, 5.74) is -0.880. The number of aliphatic hydroxyl groups is 2. The molecule has 0 bridgehead atoms. The Morgan fingerprint density at radius 3 is 1.50 bits per heavy atom. The second-order valence-corrected chi connectivity index (χ2v) is 23.7. The molecule has 372 valence electrons. The van der Waals surface area contributed by atoms with Crippen LogP contribution in [0.3, 0.4) is 0 Å². The van der Waals surface area contributed by atoms with E-state index in [-0.39, 0.29) is 17.3 Å². The van der Waals surface area contributed by atoms with Gasteiger partial charge in [-0.05, 0) is 168 Å². The maximum absolute atomic E-state index is 13.3. The van der Waals surface area contributed by atoms with Crippen molar-refractivity contribution in [3.05, 3.63) is 24.3 Å². The van der Waals surface area contributed by atoms with Gasteiger partial charge in [-0.2, -0.15) is 0 Å². The third kappa shape index (κ3) is 17.4. The minimum Gasteiger partial charge on any atom is -0.481 e. The molecular weight excluding hydrogens is 785 g/mol. The molecule has 3 N–H and O–H groups in total. The Balaban J connectivity index is 1.26. The van der Waals surface area contributed by atoms with Gasteiger partial charge >= 0.3 is 5.97 Å². The van der Waals surface area contributed by atoms with Gasteiger partial charge in [0.2, 0.25) is 0 Å². The standard InChI is InChI=1S/C60H108O4/c1-6-8-10-12-14-16-18-20-22-24-26-28-30-32-34-36-43-59(63)47-46-57(4)51(48-59)49-60(64,44-37-35-33-31-29-27-25-23-21-19-17-15-13-11-9-7-2)56-53-40-39-52(50(3)38-41-55(61)62)58(53,5)45-42-54(56)57/h20-23,50-54,56,63-64H,6-19,24-49H2,1-5H3,(H,61,62)/b22-20-,23-21-/t50-,51?,52-,53+,54+,56+,57+,58-,59+,60+/m1/s1. The maximum Gasteiger partial charge on any atom is 0.303 e. The van der Waals surface area contributed by atoms with Gasteiger partial charge in [-0.25, -0.2) is 0 Å². The average Bonchev–Trinajstić information content (AvgIpc) is 3.63. The van der Waals surface area contributed by atoms with Crippen LogP contribution in [0, 0.1) is 46.3 Å². The average molecular weight is 894 g/mol. The van der Waals surface area contributed by atoms with E-state index in [2.05, 4.69) is 58.9 Å². The van der Waals surface area contributed by atoms with E-state index in [0.717, 1.165) is 57.8 Å². The molecule has 0 heterocycles. The zero-order valence-electron chi connectivity index (χ0n) is 43.3. The number of carbonyl (C=O) groups is 1. The van der Waals surface area contributed by atoms with Crippen molar-refractivity contribution in [2.75, 3.05) is 0 Å². The fourth-order valence-corrected chi connectivity index (χ4v) is 14.9. The number of fused-ring (bicyclic) bond motifs is 5. The van der Waals surface area contributed by atoms with E-state index in [9.17, 15) is 20.1 Å². The summed E-state index contributed by atoms with van der Waals surface area (Å²) in [4.78, 5) is 11.6. The van der Waals surface area contributed by atoms with Crippen molar-refractivity contribution in [2.24, 2.45) is 46.3 Å². The second kappa shape index (κ2) is 29.7. The van der Waals surface area contributed by atoms with Gasteiger partial charge in [0.1, 0.15) is 0 Å². The highest BCUT2D eigenvalue weighted by atomic mass is 16.4. The van der Waals surface area contributed by atoms with E-state index in [1.54, 1.807) is 0 Å². The molecule has 0 amide bonds. The van der Waals surface area contributed by atoms with Crippen LogP contribution in [0.15, 0.2) is 24.3 Å². The molecule has 4 aliphatic carbocycles. The summed E-state index contributed by atoms with van der Waals surface area (Å²) in [7, 11) is 0. The number of unbranched alkanes of at least 4 members (excludes halogenated alkanes) is 24. The zero-order valence-corrected chi connectivity index (χ0v) is 43.3. The Morgan fingerprint density at radius 1 is 0.547 bits per heavy atom. The van der Waals surface area contributed by atoms with Gasteiger partial charge in [-0.15, -0.1) is 0 Å². The molecule has 4 fully saturated rings. The van der Waals surface area contributed by atoms with Gasteiger partial charge in [-0.3, -0.25) is 4.79 Å². The van der Waals surface area contributed by atoms with Crippen molar-refractivity contribution >= 4 is 5.97 Å². The second-order valence-electron chi connectivity index (χ2n) is 23.7. The molecule has 0 aromatic rings. The summed E-state index contributed by atoms with van der Waals surface area (Å²) < 4.78 is 0. The third-order valence-corrected chi connectivity index (χ3v) is 18.9. The molecule has 64 heavy (non-hydrogen) atoms. The quantitative estimate of drug-likeness (QED) is 0.0433. The smallest absolute Gasteiger partial charge is 0.303 e. The predicted molar refractivity (Wildman–Crippen MR) is 275 cm³/mol. The van der Waals surface area contributed by atoms with Crippen molar-refractivity contribution in [3.63, 3.8) is 0 Å². The van der Waals surface area contributed by atoms with Crippen LogP contribution in [0.5, 0.6) is 0 Å². The molecule has 10 atom stereocenters. The fourth-order valence-electron chi connectivity index (χ4n) is 14.9. The first kappa shape index (κ1) is 55.5. The highest BCUT2D eigenvalue weighted by molar-refractivity contribution is 5.66. The molecule has 4 aliphatic rings. The highest BCUT2D eigenvalue weighted by Crippen LogP contribution is 2.71. The van der Waals surface area contributed by atoms with Crippen molar-refractivity contribution in [1.29, 1.82) is 0 Å². The fraction of sp³-hybridized carbons (Fsp3) is 0.917. The first-order valence-electron chi connectivity index (χ1n) is 28.9. The Kier molecular flexibility index (Phi) is 25.7. The predicted octanol–water partition coefficient (Wildman–Crippen LogP) is 18.1. The number of hydrogen-bond acceptors (Lipinski definition) is 3. The lowest BCUT2D eigenvalue weighted by Gasteiger charge is -2.66. The summed E-state index contributed by atoms with van der Waals surface area (Å²) in [6.45, 7) is 12.0. The van der Waals surface area contributed by atoms with E-state index in [1.165, 1.54) is 193 Å². The summed E-state index contributed by atoms with van der Waals surface area (Å²) in [6.07, 6.45) is 57.8. The van der Waals surface area contributed by atoms with Gasteiger partial charge < -0.3 is 15.3 Å². The number of allylic oxidation sites excluding steroid dienone is 4. The van der Waals surface area contributed by atoms with Crippen LogP contribution in [0.4, 0.5) is 0 Å². The lowest BCUT2D eigenvalue weighted by Crippen LogP contribution is -2.64. The van der Waals surface area contributed by atoms with Crippen LogP contribution in [0.25, 0.3) is 0 Å². The number of carboxylic acids is 1. The molecule has 4 rings (SSSR count). The third-order valence-electron chi connectivity index (χ3n) is 18.9. The van der Waals surface area contributed by atoms with Gasteiger partial charge in [0.15, 0.2) is 0 Å². The van der Waals surface area contributed by atoms with E-state index in [1.807, 2.05) is 0 Å². The molecular formula is C60H108O4. The zero-order chi connectivity index (χ0) is 46.2. The van der Waals surface area contributed by atoms with Gasteiger partial charge in [0, 0.05) is 6.42 Å². The topological polar surface area (TPSA) is 77.8 Å². The molecule has 0 aliphatic heterocycles. The Hall–Kier alpha value is -1.13. The van der Waals surface area contributed by atoms with Gasteiger partial charge in [0.25, 0.3) is 0 Å². The first-order chi connectivity index (χ1) is 30.9. The number of aliphatic carboxylic acids is 1. The minimum atomic E-state index is -0.670. The minimum absolute atomic E-state index is 0.179. The van der Waals surface area contributed by atoms with Crippen LogP contribution >= 0.6 is 0 Å². The van der Waals surface area contributed by atoms with Crippen molar-refractivity contribution in [2.45, 2.75) is 303 Å². The normalized spacial score (nSPS) is 32.0. The largest absolute Gasteiger partial charge is 0.481 e. The molecule has 4 saturated carbocycles. The summed E-state index contributed by atoms with van der Waals surface area (Å²) in [5.74, 6) is 2.03. The first-order valence-corrected chi connectivity index (χ1v) is 28.9. The summed E-state index contributed by atoms with van der Waals surface area (Å²) >= 11 is 0. The molecule has 0 spiro atoms. The van der Waals surface area contributed by atoms with Gasteiger partial charge in [-0.1, -0.05) is 187 Å². The van der Waals surface area contributed by atoms with E-state index in [4.69, 9.17) is 0 Å². The molecule has 0 aromatic heterocycles. The van der Waals surface area contributed by atoms with E-state index >= 15 is 0 Å². The lowest BCUT2D eigenvalue weighted by molar-refractivity contribution is -0.231. The number of rotatable bonds is 36. The molecule has 1 unspecified atom stereocenters. The molecule has 0 saturated heterocycles. The van der Waals surface area contributed by atoms with Crippen LogP contribution in [-0.4, -0.2) is 32.5 Å². The van der Waals surface area contributed by atoms with Crippen LogP contribution in [0.2, 0.25) is 0 Å². The monoisotopic (exact) mass is 893 g/mol. The van der Waals surface area contributed by atoms with Crippen molar-refractivity contribution in [3.8, 4) is 0 Å². The van der Waals surface area contributed by atoms with E-state index < -0.39 is 17.2 Å². The van der Waals surface area contributed by atoms with Crippen molar-refractivity contribution in [1.82, 2.24) is 0 Å². The maximum atomic E-state index is 13.3. The van der Waals surface area contributed by atoms with Crippen LogP contribution < -0.4 is 0 Å². The number of hydrogen-bond donors (Lipinski definition) is 3. The SMILES string of the molecule is CCCCCCCC/C=C\CCCCCCCC[C@]1(O)CC[C@@]2(C)C(C1)C[C@@](O)(CCCCCCCC/C=C\CCCCCCCC)[C@H]1[C@@H]3CC[C@H]([C@H](C)CCC(=O)O)[C@@]3(C)CC[C@@H]12. The Labute approximate surface area is 397 Å². The summed E-state index contributed by atoms with van der Waals surface area (Å²) in [6, 6.07) is 0. The summed E-state index contributed by atoms with van der Waals surface area (Å²) in [5, 5.41) is 35.1. The van der Waals surface area contributed by atoms with Gasteiger partial charge in [0.05, 0.1) is 11.2 Å². The number of carboxylic acid groups (broad SMARTS) is 1. The molecule has 0 aromatic carbocycles. The molecule has 4 nitrogen and oxygen atoms in total. The van der Waals surface area contributed by atoms with E-state index in [0.29, 0.717) is 35.5 Å². The molecule has 0 radical (unpaired) electrons. The molecule has 4 heteroatoms. The van der Waals surface area contributed by atoms with Crippen molar-refractivity contribution < 1.29 is 20.1 Å². The van der Waals surface area contributed by atoms with Crippen LogP contribution in [0.1, 0.15) is 291 Å². The Bertz CT molecular complexity index is 1310. The highest BCUT2D eigenvalue weighted by Gasteiger charge is 2.67. The van der Waals surface area contributed by atoms with Crippen LogP contribution in [-0.2, 0) is 4.79 Å². The lowest BCUT2D eigenvalue weighted by atomic mass is 9.40. The Morgan fingerprint density at radius 2 is 1.00 bits per heavy atom.